The molecule has 3 rings (SSSR count). The van der Waals surface area contributed by atoms with Gasteiger partial charge in [-0.3, -0.25) is 9.48 Å². The van der Waals surface area contributed by atoms with Crippen LogP contribution in [0.1, 0.15) is 12.5 Å². The summed E-state index contributed by atoms with van der Waals surface area (Å²) in [7, 11) is 0. The fraction of sp³-hybridized carbons (Fsp3) is 0.474. The van der Waals surface area contributed by atoms with E-state index in [-0.39, 0.29) is 11.8 Å². The Morgan fingerprint density at radius 1 is 1.23 bits per heavy atom. The summed E-state index contributed by atoms with van der Waals surface area (Å²) in [5.74, 6) is -2.89. The number of amides is 1. The Labute approximate surface area is 176 Å². The summed E-state index contributed by atoms with van der Waals surface area (Å²) in [4.78, 5) is 27.3. The Bertz CT molecular complexity index is 822. The highest BCUT2D eigenvalue weighted by Crippen LogP contribution is 2.16. The topological polar surface area (TPSA) is 110 Å². The van der Waals surface area contributed by atoms with Crippen LogP contribution in [-0.4, -0.2) is 64.2 Å². The first-order valence-electron chi connectivity index (χ1n) is 9.48. The number of rotatable bonds is 6. The molecular weight excluding hydrogens is 419 g/mol. The molecule has 1 amide bonds. The number of morpholine rings is 1. The summed E-state index contributed by atoms with van der Waals surface area (Å²) < 4.78 is 38.8. The van der Waals surface area contributed by atoms with Crippen LogP contribution in [0.3, 0.4) is 0 Å². The summed E-state index contributed by atoms with van der Waals surface area (Å²) in [5.41, 5.74) is 2.29. The van der Waals surface area contributed by atoms with Crippen LogP contribution >= 0.6 is 0 Å². The number of aliphatic carboxylic acids is 1. The normalized spacial score (nSPS) is 14.9. The third-order valence-electron chi connectivity index (χ3n) is 4.40. The molecule has 0 spiro atoms. The standard InChI is InChI=1S/C17H23N5O2.C2HF3O2/c1-14(11-22-13-18-12-20-22)17(23)19-10-15-2-4-16(5-3-15)21-6-8-24-9-7-21;3-2(4,5)1(6)7/h2-5,12-14H,6-11H2,1H3,(H,19,23);(H,6,7). The number of benzene rings is 1. The van der Waals surface area contributed by atoms with E-state index in [1.54, 1.807) is 11.0 Å². The zero-order chi connectivity index (χ0) is 22.9. The molecule has 12 heteroatoms. The number of aromatic nitrogens is 3. The van der Waals surface area contributed by atoms with E-state index in [9.17, 15) is 18.0 Å². The van der Waals surface area contributed by atoms with Gasteiger partial charge in [0.25, 0.3) is 0 Å². The van der Waals surface area contributed by atoms with Gasteiger partial charge in [0.15, 0.2) is 0 Å². The number of nitrogens with one attached hydrogen (secondary N) is 1. The number of carbonyl (C=O) groups is 2. The van der Waals surface area contributed by atoms with Crippen molar-refractivity contribution in [3.8, 4) is 0 Å². The molecule has 1 saturated heterocycles. The Kier molecular flexibility index (Phi) is 8.79. The maximum Gasteiger partial charge on any atom is 0.490 e. The number of hydrogen-bond acceptors (Lipinski definition) is 6. The summed E-state index contributed by atoms with van der Waals surface area (Å²) in [5, 5.41) is 14.1. The fourth-order valence-corrected chi connectivity index (χ4v) is 2.70. The molecule has 1 unspecified atom stereocenters. The minimum absolute atomic E-state index is 0.0164. The second-order valence-corrected chi connectivity index (χ2v) is 6.81. The average molecular weight is 443 g/mol. The van der Waals surface area contributed by atoms with E-state index in [1.165, 1.54) is 12.0 Å². The van der Waals surface area contributed by atoms with Crippen LogP contribution in [0.2, 0.25) is 0 Å². The Balaban J connectivity index is 0.000000423. The highest BCUT2D eigenvalue weighted by atomic mass is 19.4. The quantitative estimate of drug-likeness (QED) is 0.699. The molecule has 0 bridgehead atoms. The molecule has 0 aliphatic carbocycles. The maximum atomic E-state index is 12.2. The summed E-state index contributed by atoms with van der Waals surface area (Å²) in [6.45, 7) is 6.36. The van der Waals surface area contributed by atoms with Crippen molar-refractivity contribution in [2.24, 2.45) is 5.92 Å². The lowest BCUT2D eigenvalue weighted by atomic mass is 10.1. The molecule has 9 nitrogen and oxygen atoms in total. The number of hydrogen-bond donors (Lipinski definition) is 2. The largest absolute Gasteiger partial charge is 0.490 e. The molecule has 1 atom stereocenters. The SMILES string of the molecule is CC(Cn1cncn1)C(=O)NCc1ccc(N2CCOCC2)cc1.O=C(O)C(F)(F)F. The van der Waals surface area contributed by atoms with Crippen LogP contribution in [0.5, 0.6) is 0 Å². The number of carbonyl (C=O) groups excluding carboxylic acids is 1. The molecule has 0 saturated carbocycles. The van der Waals surface area contributed by atoms with Crippen molar-refractivity contribution in [1.82, 2.24) is 20.1 Å². The van der Waals surface area contributed by atoms with E-state index in [2.05, 4.69) is 44.6 Å². The molecule has 1 aliphatic heterocycles. The van der Waals surface area contributed by atoms with Gasteiger partial charge < -0.3 is 20.1 Å². The van der Waals surface area contributed by atoms with Gasteiger partial charge in [-0.25, -0.2) is 9.78 Å². The highest BCUT2D eigenvalue weighted by Gasteiger charge is 2.38. The maximum absolute atomic E-state index is 12.2. The van der Waals surface area contributed by atoms with E-state index >= 15 is 0 Å². The number of halogens is 3. The predicted molar refractivity (Wildman–Crippen MR) is 104 cm³/mol. The first kappa shape index (κ1) is 24.1. The minimum Gasteiger partial charge on any atom is -0.475 e. The first-order chi connectivity index (χ1) is 14.7. The van der Waals surface area contributed by atoms with Gasteiger partial charge in [-0.15, -0.1) is 0 Å². The average Bonchev–Trinajstić information content (AvgIpc) is 3.26. The van der Waals surface area contributed by atoms with Crippen LogP contribution < -0.4 is 10.2 Å². The minimum atomic E-state index is -5.08. The Hall–Kier alpha value is -3.15. The lowest BCUT2D eigenvalue weighted by molar-refractivity contribution is -0.192. The van der Waals surface area contributed by atoms with Gasteiger partial charge >= 0.3 is 12.1 Å². The lowest BCUT2D eigenvalue weighted by Gasteiger charge is -2.28. The van der Waals surface area contributed by atoms with E-state index < -0.39 is 12.1 Å². The Morgan fingerprint density at radius 3 is 2.35 bits per heavy atom. The number of carboxylic acids is 1. The lowest BCUT2D eigenvalue weighted by Crippen LogP contribution is -2.36. The Morgan fingerprint density at radius 2 is 1.84 bits per heavy atom. The third-order valence-corrected chi connectivity index (χ3v) is 4.40. The molecule has 1 aromatic heterocycles. The predicted octanol–water partition coefficient (Wildman–Crippen LogP) is 1.70. The van der Waals surface area contributed by atoms with Crippen LogP contribution in [0.15, 0.2) is 36.9 Å². The van der Waals surface area contributed by atoms with Crippen LogP contribution in [-0.2, 0) is 27.4 Å². The first-order valence-corrected chi connectivity index (χ1v) is 9.48. The fourth-order valence-electron chi connectivity index (χ4n) is 2.70. The van der Waals surface area contributed by atoms with Gasteiger partial charge in [0.1, 0.15) is 12.7 Å². The molecule has 1 aromatic carbocycles. The highest BCUT2D eigenvalue weighted by molar-refractivity contribution is 5.78. The van der Waals surface area contributed by atoms with Crippen LogP contribution in [0, 0.1) is 5.92 Å². The van der Waals surface area contributed by atoms with Gasteiger partial charge in [-0.1, -0.05) is 19.1 Å². The van der Waals surface area contributed by atoms with E-state index in [0.29, 0.717) is 13.1 Å². The molecule has 1 fully saturated rings. The molecule has 2 aromatic rings. The third kappa shape index (κ3) is 8.24. The van der Waals surface area contributed by atoms with E-state index in [0.717, 1.165) is 31.9 Å². The molecule has 170 valence electrons. The number of carboxylic acid groups (broad SMARTS) is 1. The summed E-state index contributed by atoms with van der Waals surface area (Å²) in [6.07, 6.45) is -1.99. The number of nitrogens with zero attached hydrogens (tertiary/aromatic N) is 4. The van der Waals surface area contributed by atoms with Gasteiger partial charge in [-0.05, 0) is 17.7 Å². The van der Waals surface area contributed by atoms with Gasteiger partial charge in [0, 0.05) is 25.3 Å². The van der Waals surface area contributed by atoms with Gasteiger partial charge in [-0.2, -0.15) is 18.3 Å². The van der Waals surface area contributed by atoms with Gasteiger partial charge in [0.2, 0.25) is 5.91 Å². The van der Waals surface area contributed by atoms with Crippen LogP contribution in [0.4, 0.5) is 18.9 Å². The van der Waals surface area contributed by atoms with Crippen molar-refractivity contribution in [1.29, 1.82) is 0 Å². The van der Waals surface area contributed by atoms with Gasteiger partial charge in [0.05, 0.1) is 25.7 Å². The number of anilines is 1. The molecule has 31 heavy (non-hydrogen) atoms. The molecule has 2 heterocycles. The van der Waals surface area contributed by atoms with Crippen molar-refractivity contribution in [3.63, 3.8) is 0 Å². The molecule has 0 radical (unpaired) electrons. The number of alkyl halides is 3. The molecule has 2 N–H and O–H groups in total. The van der Waals surface area contributed by atoms with Crippen molar-refractivity contribution in [2.45, 2.75) is 26.2 Å². The zero-order valence-corrected chi connectivity index (χ0v) is 16.9. The smallest absolute Gasteiger partial charge is 0.475 e. The van der Waals surface area contributed by atoms with Crippen molar-refractivity contribution in [3.05, 3.63) is 42.5 Å². The second kappa shape index (κ2) is 11.3. The second-order valence-electron chi connectivity index (χ2n) is 6.81. The number of ether oxygens (including phenoxy) is 1. The molecule has 1 aliphatic rings. The summed E-state index contributed by atoms with van der Waals surface area (Å²) >= 11 is 0. The van der Waals surface area contributed by atoms with Crippen molar-refractivity contribution >= 4 is 17.6 Å². The summed E-state index contributed by atoms with van der Waals surface area (Å²) in [6, 6.07) is 8.33. The van der Waals surface area contributed by atoms with Crippen molar-refractivity contribution in [2.75, 3.05) is 31.2 Å². The van der Waals surface area contributed by atoms with E-state index in [1.807, 2.05) is 6.92 Å². The monoisotopic (exact) mass is 443 g/mol. The van der Waals surface area contributed by atoms with E-state index in [4.69, 9.17) is 14.6 Å². The molecular formula is C19H24F3N5O4. The van der Waals surface area contributed by atoms with Crippen molar-refractivity contribution < 1.29 is 32.6 Å². The van der Waals surface area contributed by atoms with Crippen LogP contribution in [0.25, 0.3) is 0 Å². The zero-order valence-electron chi connectivity index (χ0n) is 16.9.